The first-order chi connectivity index (χ1) is 8.20. The van der Waals surface area contributed by atoms with Crippen molar-refractivity contribution in [3.63, 3.8) is 0 Å². The molecule has 0 amide bonds. The van der Waals surface area contributed by atoms with Crippen molar-refractivity contribution in [2.24, 2.45) is 5.92 Å². The van der Waals surface area contributed by atoms with E-state index in [-0.39, 0.29) is 5.82 Å². The summed E-state index contributed by atoms with van der Waals surface area (Å²) in [5, 5.41) is 3.69. The summed E-state index contributed by atoms with van der Waals surface area (Å²) in [4.78, 5) is 0. The minimum atomic E-state index is -0.150. The van der Waals surface area contributed by atoms with Gasteiger partial charge in [-0.1, -0.05) is 38.8 Å². The Labute approximate surface area is 103 Å². The van der Waals surface area contributed by atoms with E-state index < -0.39 is 0 Å². The van der Waals surface area contributed by atoms with Crippen LogP contribution in [0.3, 0.4) is 0 Å². The maximum Gasteiger partial charge on any atom is 0.123 e. The SMILES string of the molecule is CCCCC(NC1CC1C)c1ccc(F)cc1. The third-order valence-corrected chi connectivity index (χ3v) is 3.64. The van der Waals surface area contributed by atoms with Gasteiger partial charge >= 0.3 is 0 Å². The zero-order valence-electron chi connectivity index (χ0n) is 10.7. The van der Waals surface area contributed by atoms with Crippen LogP contribution in [0, 0.1) is 11.7 Å². The number of hydrogen-bond donors (Lipinski definition) is 1. The lowest BCUT2D eigenvalue weighted by molar-refractivity contribution is 0.468. The molecular formula is C15H22FN. The van der Waals surface area contributed by atoms with Crippen LogP contribution >= 0.6 is 0 Å². The van der Waals surface area contributed by atoms with Crippen molar-refractivity contribution in [1.82, 2.24) is 5.32 Å². The normalized spacial score (nSPS) is 24.6. The van der Waals surface area contributed by atoms with Gasteiger partial charge in [0.2, 0.25) is 0 Å². The van der Waals surface area contributed by atoms with Crippen LogP contribution < -0.4 is 5.32 Å². The average molecular weight is 235 g/mol. The van der Waals surface area contributed by atoms with Crippen molar-refractivity contribution in [3.8, 4) is 0 Å². The smallest absolute Gasteiger partial charge is 0.123 e. The Morgan fingerprint density at radius 1 is 1.35 bits per heavy atom. The fourth-order valence-electron chi connectivity index (χ4n) is 2.26. The van der Waals surface area contributed by atoms with Crippen molar-refractivity contribution < 1.29 is 4.39 Å². The maximum absolute atomic E-state index is 12.9. The van der Waals surface area contributed by atoms with Gasteiger partial charge < -0.3 is 5.32 Å². The first-order valence-corrected chi connectivity index (χ1v) is 6.72. The molecule has 1 saturated carbocycles. The van der Waals surface area contributed by atoms with Gasteiger partial charge in [0.1, 0.15) is 5.82 Å². The zero-order chi connectivity index (χ0) is 12.3. The van der Waals surface area contributed by atoms with Crippen LogP contribution in [0.2, 0.25) is 0 Å². The lowest BCUT2D eigenvalue weighted by Crippen LogP contribution is -2.24. The Morgan fingerprint density at radius 2 is 2.00 bits per heavy atom. The largest absolute Gasteiger partial charge is 0.307 e. The van der Waals surface area contributed by atoms with Crippen LogP contribution in [-0.2, 0) is 0 Å². The molecule has 0 bridgehead atoms. The Balaban J connectivity index is 2.00. The van der Waals surface area contributed by atoms with Crippen molar-refractivity contribution in [1.29, 1.82) is 0 Å². The quantitative estimate of drug-likeness (QED) is 0.784. The van der Waals surface area contributed by atoms with Gasteiger partial charge in [-0.15, -0.1) is 0 Å². The van der Waals surface area contributed by atoms with E-state index in [0.717, 1.165) is 12.3 Å². The van der Waals surface area contributed by atoms with E-state index in [9.17, 15) is 4.39 Å². The second-order valence-corrected chi connectivity index (χ2v) is 5.23. The summed E-state index contributed by atoms with van der Waals surface area (Å²) in [7, 11) is 0. The van der Waals surface area contributed by atoms with E-state index >= 15 is 0 Å². The highest BCUT2D eigenvalue weighted by Crippen LogP contribution is 2.33. The molecule has 0 saturated heterocycles. The van der Waals surface area contributed by atoms with Gasteiger partial charge in [0.15, 0.2) is 0 Å². The van der Waals surface area contributed by atoms with Crippen LogP contribution in [0.25, 0.3) is 0 Å². The third-order valence-electron chi connectivity index (χ3n) is 3.64. The van der Waals surface area contributed by atoms with E-state index in [2.05, 4.69) is 19.2 Å². The Bertz CT molecular complexity index is 346. The number of hydrogen-bond acceptors (Lipinski definition) is 1. The lowest BCUT2D eigenvalue weighted by atomic mass is 10.0. The highest BCUT2D eigenvalue weighted by atomic mass is 19.1. The summed E-state index contributed by atoms with van der Waals surface area (Å²) in [5.74, 6) is 0.655. The third kappa shape index (κ3) is 3.53. The molecule has 0 aromatic heterocycles. The summed E-state index contributed by atoms with van der Waals surface area (Å²) >= 11 is 0. The van der Waals surface area contributed by atoms with Crippen LogP contribution in [-0.4, -0.2) is 6.04 Å². The predicted octanol–water partition coefficient (Wildman–Crippen LogP) is 4.06. The number of nitrogens with one attached hydrogen (secondary N) is 1. The summed E-state index contributed by atoms with van der Waals surface area (Å²) in [6.45, 7) is 4.49. The van der Waals surface area contributed by atoms with Crippen LogP contribution in [0.4, 0.5) is 4.39 Å². The highest BCUT2D eigenvalue weighted by Gasteiger charge is 2.34. The average Bonchev–Trinajstić information content (AvgIpc) is 3.01. The second kappa shape index (κ2) is 5.63. The van der Waals surface area contributed by atoms with Crippen LogP contribution in [0.15, 0.2) is 24.3 Å². The van der Waals surface area contributed by atoms with E-state index in [1.165, 1.54) is 24.8 Å². The summed E-state index contributed by atoms with van der Waals surface area (Å²) < 4.78 is 12.9. The predicted molar refractivity (Wildman–Crippen MR) is 69.4 cm³/mol. The van der Waals surface area contributed by atoms with E-state index in [1.807, 2.05) is 12.1 Å². The van der Waals surface area contributed by atoms with Gasteiger partial charge in [-0.2, -0.15) is 0 Å². The molecular weight excluding hydrogens is 213 g/mol. The molecule has 17 heavy (non-hydrogen) atoms. The monoisotopic (exact) mass is 235 g/mol. The summed E-state index contributed by atoms with van der Waals surface area (Å²) in [6, 6.07) is 8.01. The number of benzene rings is 1. The molecule has 1 aromatic rings. The molecule has 0 heterocycles. The molecule has 3 atom stereocenters. The van der Waals surface area contributed by atoms with Crippen molar-refractivity contribution in [2.75, 3.05) is 0 Å². The summed E-state index contributed by atoms with van der Waals surface area (Å²) in [6.07, 6.45) is 4.85. The molecule has 1 aliphatic rings. The van der Waals surface area contributed by atoms with Gasteiger partial charge in [-0.25, -0.2) is 4.39 Å². The molecule has 1 N–H and O–H groups in total. The number of halogens is 1. The molecule has 2 rings (SSSR count). The van der Waals surface area contributed by atoms with Crippen molar-refractivity contribution >= 4 is 0 Å². The first-order valence-electron chi connectivity index (χ1n) is 6.72. The molecule has 2 heteroatoms. The maximum atomic E-state index is 12.9. The van der Waals surface area contributed by atoms with E-state index in [0.29, 0.717) is 12.1 Å². The van der Waals surface area contributed by atoms with Crippen molar-refractivity contribution in [2.45, 2.75) is 51.6 Å². The number of rotatable bonds is 6. The van der Waals surface area contributed by atoms with E-state index in [4.69, 9.17) is 0 Å². The Morgan fingerprint density at radius 3 is 2.53 bits per heavy atom. The highest BCUT2D eigenvalue weighted by molar-refractivity contribution is 5.20. The minimum Gasteiger partial charge on any atom is -0.307 e. The Hall–Kier alpha value is -0.890. The lowest BCUT2D eigenvalue weighted by Gasteiger charge is -2.19. The van der Waals surface area contributed by atoms with Crippen molar-refractivity contribution in [3.05, 3.63) is 35.6 Å². The molecule has 1 aromatic carbocycles. The summed E-state index contributed by atoms with van der Waals surface area (Å²) in [5.41, 5.74) is 1.22. The minimum absolute atomic E-state index is 0.150. The fourth-order valence-corrected chi connectivity index (χ4v) is 2.26. The zero-order valence-corrected chi connectivity index (χ0v) is 10.7. The fraction of sp³-hybridized carbons (Fsp3) is 0.600. The van der Waals surface area contributed by atoms with Gasteiger partial charge in [0.05, 0.1) is 0 Å². The second-order valence-electron chi connectivity index (χ2n) is 5.23. The van der Waals surface area contributed by atoms with Gasteiger partial charge in [0.25, 0.3) is 0 Å². The van der Waals surface area contributed by atoms with Crippen LogP contribution in [0.5, 0.6) is 0 Å². The molecule has 0 aliphatic heterocycles. The molecule has 0 spiro atoms. The van der Waals surface area contributed by atoms with Gasteiger partial charge in [-0.05, 0) is 36.5 Å². The van der Waals surface area contributed by atoms with E-state index in [1.54, 1.807) is 12.1 Å². The topological polar surface area (TPSA) is 12.0 Å². The molecule has 3 unspecified atom stereocenters. The first kappa shape index (κ1) is 12.6. The Kier molecular flexibility index (Phi) is 4.16. The molecule has 0 radical (unpaired) electrons. The number of unbranched alkanes of at least 4 members (excludes halogenated alkanes) is 1. The molecule has 94 valence electrons. The molecule has 1 fully saturated rings. The van der Waals surface area contributed by atoms with Crippen LogP contribution in [0.1, 0.15) is 51.1 Å². The molecule has 1 aliphatic carbocycles. The van der Waals surface area contributed by atoms with Gasteiger partial charge in [0, 0.05) is 12.1 Å². The molecule has 1 nitrogen and oxygen atoms in total. The standard InChI is InChI=1S/C15H22FN/c1-3-4-5-14(17-15-10-11(15)2)12-6-8-13(16)9-7-12/h6-9,11,14-15,17H,3-5,10H2,1-2H3. The van der Waals surface area contributed by atoms with Gasteiger partial charge in [-0.3, -0.25) is 0 Å².